The number of carbonyl (C=O) groups excluding carboxylic acids is 1. The van der Waals surface area contributed by atoms with Crippen LogP contribution in [0.1, 0.15) is 21.6 Å². The van der Waals surface area contributed by atoms with Crippen LogP contribution >= 0.6 is 11.3 Å². The SMILES string of the molecule is Cc1ccc([I+]c2ccc(C(=O)Nc3nc4ccc(C)cc4s3)nc2)cc1. The summed E-state index contributed by atoms with van der Waals surface area (Å²) in [5.41, 5.74) is 3.74. The zero-order valence-electron chi connectivity index (χ0n) is 14.9. The molecule has 1 amide bonds. The summed E-state index contributed by atoms with van der Waals surface area (Å²) in [7, 11) is 0. The van der Waals surface area contributed by atoms with Gasteiger partial charge in [-0.25, -0.2) is 9.97 Å². The smallest absolute Gasteiger partial charge is 0.296 e. The van der Waals surface area contributed by atoms with Crippen molar-refractivity contribution in [1.82, 2.24) is 9.97 Å². The lowest BCUT2D eigenvalue weighted by Crippen LogP contribution is -3.61. The van der Waals surface area contributed by atoms with E-state index in [1.165, 1.54) is 29.6 Å². The number of carbonyl (C=O) groups is 1. The molecule has 0 atom stereocenters. The second kappa shape index (κ2) is 7.74. The number of nitrogens with zero attached hydrogens (tertiary/aromatic N) is 2. The minimum absolute atomic E-state index is 0.231. The maximum absolute atomic E-state index is 12.5. The highest BCUT2D eigenvalue weighted by Gasteiger charge is 2.17. The van der Waals surface area contributed by atoms with Gasteiger partial charge in [-0.1, -0.05) is 35.1 Å². The second-order valence-electron chi connectivity index (χ2n) is 6.20. The first-order valence-electron chi connectivity index (χ1n) is 8.43. The van der Waals surface area contributed by atoms with Crippen molar-refractivity contribution in [2.45, 2.75) is 13.8 Å². The van der Waals surface area contributed by atoms with Gasteiger partial charge in [0.1, 0.15) is 5.69 Å². The molecular weight excluding hydrogens is 469 g/mol. The summed E-state index contributed by atoms with van der Waals surface area (Å²) in [5, 5.41) is 3.45. The van der Waals surface area contributed by atoms with Crippen LogP contribution in [0.15, 0.2) is 60.8 Å². The molecular formula is C21H17IN3OS+. The van der Waals surface area contributed by atoms with E-state index in [1.54, 1.807) is 6.07 Å². The van der Waals surface area contributed by atoms with Gasteiger partial charge in [0, 0.05) is 0 Å². The van der Waals surface area contributed by atoms with Gasteiger partial charge in [-0.05, 0) is 55.8 Å². The topological polar surface area (TPSA) is 54.9 Å². The maximum atomic E-state index is 12.5. The number of anilines is 1. The molecule has 0 saturated carbocycles. The van der Waals surface area contributed by atoms with Gasteiger partial charge in [0.05, 0.1) is 16.4 Å². The summed E-state index contributed by atoms with van der Waals surface area (Å²) in [6.45, 7) is 4.13. The van der Waals surface area contributed by atoms with Crippen LogP contribution in [0, 0.1) is 21.0 Å². The molecule has 0 saturated heterocycles. The van der Waals surface area contributed by atoms with E-state index in [1.807, 2.05) is 31.3 Å². The molecule has 6 heteroatoms. The third-order valence-electron chi connectivity index (χ3n) is 3.95. The fraction of sp³-hybridized carbons (Fsp3) is 0.0952. The average Bonchev–Trinajstić information content (AvgIpc) is 3.05. The number of fused-ring (bicyclic) bond motifs is 1. The molecule has 4 rings (SSSR count). The Labute approximate surface area is 171 Å². The molecule has 0 spiro atoms. The van der Waals surface area contributed by atoms with Gasteiger partial charge in [-0.3, -0.25) is 10.1 Å². The molecule has 4 aromatic rings. The van der Waals surface area contributed by atoms with Crippen LogP contribution in [0.3, 0.4) is 0 Å². The van der Waals surface area contributed by atoms with Crippen LogP contribution < -0.4 is 26.5 Å². The Balaban J connectivity index is 1.45. The largest absolute Gasteiger partial charge is 0.359 e. The zero-order chi connectivity index (χ0) is 18.8. The van der Waals surface area contributed by atoms with E-state index >= 15 is 0 Å². The molecule has 0 aliphatic carbocycles. The van der Waals surface area contributed by atoms with Crippen LogP contribution in [0.25, 0.3) is 10.2 Å². The fourth-order valence-electron chi connectivity index (χ4n) is 2.53. The van der Waals surface area contributed by atoms with Gasteiger partial charge >= 0.3 is 21.2 Å². The lowest BCUT2D eigenvalue weighted by atomic mass is 10.2. The van der Waals surface area contributed by atoms with Crippen molar-refractivity contribution in [2.24, 2.45) is 0 Å². The van der Waals surface area contributed by atoms with Gasteiger partial charge in [-0.2, -0.15) is 0 Å². The third-order valence-corrected chi connectivity index (χ3v) is 7.49. The van der Waals surface area contributed by atoms with Gasteiger partial charge in [0.2, 0.25) is 3.57 Å². The van der Waals surface area contributed by atoms with Crippen LogP contribution in [-0.4, -0.2) is 15.9 Å². The standard InChI is InChI=1S/C21H16IN3OS/c1-13-3-6-15(7-4-13)22-16-8-10-18(23-12-16)20(26)25-21-24-17-9-5-14(2)11-19(17)27-21/h3-12H,1-2H3/p+1. The van der Waals surface area contributed by atoms with E-state index in [9.17, 15) is 4.79 Å². The quantitative estimate of drug-likeness (QED) is 0.447. The highest BCUT2D eigenvalue weighted by Crippen LogP contribution is 2.26. The number of aromatic nitrogens is 2. The number of nitrogens with one attached hydrogen (secondary N) is 1. The number of thiazole rings is 1. The van der Waals surface area contributed by atoms with Crippen LogP contribution in [0.4, 0.5) is 5.13 Å². The number of aryl methyl sites for hydroxylation is 2. The van der Waals surface area contributed by atoms with E-state index in [0.717, 1.165) is 10.2 Å². The van der Waals surface area contributed by atoms with Crippen molar-refractivity contribution in [3.05, 3.63) is 84.8 Å². The molecule has 2 aromatic heterocycles. The average molecular weight is 486 g/mol. The summed E-state index contributed by atoms with van der Waals surface area (Å²) in [5.74, 6) is -0.231. The van der Waals surface area contributed by atoms with Crippen molar-refractivity contribution < 1.29 is 26.0 Å². The van der Waals surface area contributed by atoms with Crippen molar-refractivity contribution in [3.63, 3.8) is 0 Å². The number of rotatable bonds is 4. The fourth-order valence-corrected chi connectivity index (χ4v) is 5.57. The Hall–Kier alpha value is -2.32. The van der Waals surface area contributed by atoms with E-state index in [-0.39, 0.29) is 27.1 Å². The highest BCUT2D eigenvalue weighted by molar-refractivity contribution is 7.22. The summed E-state index contributed by atoms with van der Waals surface area (Å²) in [6.07, 6.45) is 1.81. The zero-order valence-corrected chi connectivity index (χ0v) is 17.8. The van der Waals surface area contributed by atoms with Gasteiger partial charge in [0.25, 0.3) is 5.91 Å². The monoisotopic (exact) mass is 486 g/mol. The normalized spacial score (nSPS) is 10.9. The first kappa shape index (κ1) is 18.1. The molecule has 0 aliphatic rings. The summed E-state index contributed by atoms with van der Waals surface area (Å²) < 4.78 is 3.59. The minimum atomic E-state index is -0.288. The number of halogens is 1. The lowest BCUT2D eigenvalue weighted by molar-refractivity contribution is -0.597. The molecule has 134 valence electrons. The molecule has 0 unspecified atom stereocenters. The number of hydrogen-bond acceptors (Lipinski definition) is 4. The predicted octanol–water partition coefficient (Wildman–Crippen LogP) is 1.69. The van der Waals surface area contributed by atoms with Gasteiger partial charge in [0.15, 0.2) is 8.70 Å². The second-order valence-corrected chi connectivity index (χ2v) is 10.3. The van der Waals surface area contributed by atoms with E-state index < -0.39 is 0 Å². The number of benzene rings is 2. The van der Waals surface area contributed by atoms with Crippen molar-refractivity contribution >= 4 is 32.6 Å². The van der Waals surface area contributed by atoms with E-state index in [0.29, 0.717) is 10.8 Å². The van der Waals surface area contributed by atoms with Gasteiger partial charge in [-0.15, -0.1) is 0 Å². The number of pyridine rings is 1. The lowest BCUT2D eigenvalue weighted by Gasteiger charge is -1.99. The summed E-state index contributed by atoms with van der Waals surface area (Å²) in [4.78, 5) is 21.3. The molecule has 27 heavy (non-hydrogen) atoms. The Morgan fingerprint density at radius 1 is 0.963 bits per heavy atom. The molecule has 0 aliphatic heterocycles. The first-order chi connectivity index (χ1) is 13.1. The Bertz CT molecular complexity index is 1100. The minimum Gasteiger partial charge on any atom is -0.296 e. The van der Waals surface area contributed by atoms with Crippen molar-refractivity contribution in [2.75, 3.05) is 5.32 Å². The van der Waals surface area contributed by atoms with E-state index in [4.69, 9.17) is 0 Å². The molecule has 0 radical (unpaired) electrons. The van der Waals surface area contributed by atoms with Crippen LogP contribution in [-0.2, 0) is 0 Å². The predicted molar refractivity (Wildman–Crippen MR) is 105 cm³/mol. The highest BCUT2D eigenvalue weighted by atomic mass is 127. The molecule has 1 N–H and O–H groups in total. The first-order valence-corrected chi connectivity index (χ1v) is 11.4. The summed E-state index contributed by atoms with van der Waals surface area (Å²) in [6, 6.07) is 18.4. The van der Waals surface area contributed by atoms with Crippen LogP contribution in [0.5, 0.6) is 0 Å². The summed E-state index contributed by atoms with van der Waals surface area (Å²) >= 11 is 1.19. The van der Waals surface area contributed by atoms with Gasteiger partial charge < -0.3 is 0 Å². The number of hydrogen-bond donors (Lipinski definition) is 1. The van der Waals surface area contributed by atoms with Crippen molar-refractivity contribution in [3.8, 4) is 0 Å². The molecule has 4 nitrogen and oxygen atoms in total. The third kappa shape index (κ3) is 4.33. The number of amides is 1. The maximum Gasteiger partial charge on any atom is 0.359 e. The van der Waals surface area contributed by atoms with Crippen LogP contribution in [0.2, 0.25) is 0 Å². The molecule has 2 heterocycles. The molecule has 0 fully saturated rings. The Kier molecular flexibility index (Phi) is 5.18. The molecule has 0 bridgehead atoms. The van der Waals surface area contributed by atoms with Crippen molar-refractivity contribution in [1.29, 1.82) is 0 Å². The Morgan fingerprint density at radius 2 is 1.70 bits per heavy atom. The Morgan fingerprint density at radius 3 is 2.44 bits per heavy atom. The molecule has 2 aromatic carbocycles. The van der Waals surface area contributed by atoms with E-state index in [2.05, 4.69) is 52.5 Å².